The number of rotatable bonds is 1. The molecule has 0 fully saturated rings. The molecule has 74 valence electrons. The Labute approximate surface area is 82.9 Å². The van der Waals surface area contributed by atoms with Crippen LogP contribution in [0.15, 0.2) is 12.3 Å². The zero-order chi connectivity index (χ0) is 10.1. The van der Waals surface area contributed by atoms with Crippen molar-refractivity contribution in [3.05, 3.63) is 17.8 Å². The van der Waals surface area contributed by atoms with Gasteiger partial charge in [0.05, 0.1) is 12.2 Å². The fourth-order valence-corrected chi connectivity index (χ4v) is 1.63. The van der Waals surface area contributed by atoms with Crippen molar-refractivity contribution in [3.63, 3.8) is 0 Å². The Morgan fingerprint density at radius 3 is 3.14 bits per heavy atom. The lowest BCUT2D eigenvalue weighted by molar-refractivity contribution is -0.115. The van der Waals surface area contributed by atoms with Gasteiger partial charge in [0, 0.05) is 12.7 Å². The van der Waals surface area contributed by atoms with Crippen molar-refractivity contribution in [3.8, 4) is 0 Å². The van der Waals surface area contributed by atoms with Gasteiger partial charge in [0.2, 0.25) is 5.91 Å². The molecular weight excluding hydrogens is 178 g/mol. The predicted octanol–water partition coefficient (Wildman–Crippen LogP) is 1.17. The van der Waals surface area contributed by atoms with Crippen LogP contribution in [0.2, 0.25) is 0 Å². The number of anilines is 2. The first-order valence-corrected chi connectivity index (χ1v) is 4.72. The maximum absolute atomic E-state index is 11.4. The van der Waals surface area contributed by atoms with Gasteiger partial charge < -0.3 is 10.2 Å². The molecule has 0 atom stereocenters. The number of likely N-dealkylation sites (N-methyl/N-ethyl adjacent to an activating group) is 1. The molecule has 1 aromatic rings. The van der Waals surface area contributed by atoms with Crippen molar-refractivity contribution < 1.29 is 4.79 Å². The highest BCUT2D eigenvalue weighted by atomic mass is 16.2. The van der Waals surface area contributed by atoms with Gasteiger partial charge in [-0.15, -0.1) is 0 Å². The Balaban J connectivity index is 2.50. The monoisotopic (exact) mass is 191 g/mol. The number of carbonyl (C=O) groups excluding carboxylic acids is 1. The van der Waals surface area contributed by atoms with Gasteiger partial charge in [-0.05, 0) is 25.5 Å². The summed E-state index contributed by atoms with van der Waals surface area (Å²) in [5.41, 5.74) is 1.91. The zero-order valence-corrected chi connectivity index (χ0v) is 8.37. The summed E-state index contributed by atoms with van der Waals surface area (Å²) in [7, 11) is 0. The third kappa shape index (κ3) is 1.32. The smallest absolute Gasteiger partial charge is 0.244 e. The fraction of sp³-hybridized carbons (Fsp3) is 0.400. The molecule has 0 unspecified atom stereocenters. The highest BCUT2D eigenvalue weighted by Gasteiger charge is 2.22. The molecule has 4 heteroatoms. The van der Waals surface area contributed by atoms with Gasteiger partial charge in [-0.2, -0.15) is 0 Å². The second-order valence-corrected chi connectivity index (χ2v) is 3.39. The Morgan fingerprint density at radius 2 is 2.43 bits per heavy atom. The van der Waals surface area contributed by atoms with Crippen LogP contribution in [0.25, 0.3) is 0 Å². The van der Waals surface area contributed by atoms with E-state index < -0.39 is 0 Å². The van der Waals surface area contributed by atoms with Gasteiger partial charge >= 0.3 is 0 Å². The number of pyridine rings is 1. The molecule has 1 N–H and O–H groups in total. The van der Waals surface area contributed by atoms with Crippen LogP contribution in [0.4, 0.5) is 11.5 Å². The third-order valence-electron chi connectivity index (χ3n) is 2.42. The van der Waals surface area contributed by atoms with Crippen molar-refractivity contribution in [2.75, 3.05) is 23.3 Å². The molecule has 14 heavy (non-hydrogen) atoms. The van der Waals surface area contributed by atoms with Crippen LogP contribution >= 0.6 is 0 Å². The highest BCUT2D eigenvalue weighted by Crippen LogP contribution is 2.29. The first-order chi connectivity index (χ1) is 6.72. The van der Waals surface area contributed by atoms with Gasteiger partial charge in [0.1, 0.15) is 0 Å². The first-order valence-electron chi connectivity index (χ1n) is 4.72. The summed E-state index contributed by atoms with van der Waals surface area (Å²) >= 11 is 0. The van der Waals surface area contributed by atoms with E-state index in [2.05, 4.69) is 10.3 Å². The second-order valence-electron chi connectivity index (χ2n) is 3.39. The zero-order valence-electron chi connectivity index (χ0n) is 8.37. The Kier molecular flexibility index (Phi) is 2.11. The van der Waals surface area contributed by atoms with Gasteiger partial charge in [0.15, 0.2) is 5.82 Å². The average Bonchev–Trinajstić information content (AvgIpc) is 2.18. The Bertz CT molecular complexity index is 376. The minimum atomic E-state index is 0.0375. The third-order valence-corrected chi connectivity index (χ3v) is 2.42. The van der Waals surface area contributed by atoms with Crippen LogP contribution in [-0.2, 0) is 4.79 Å². The van der Waals surface area contributed by atoms with Crippen molar-refractivity contribution in [2.45, 2.75) is 13.8 Å². The molecule has 2 heterocycles. The molecule has 0 spiro atoms. The number of nitrogens with one attached hydrogen (secondary N) is 1. The van der Waals surface area contributed by atoms with E-state index in [1.54, 1.807) is 6.20 Å². The van der Waals surface area contributed by atoms with Crippen molar-refractivity contribution in [2.24, 2.45) is 0 Å². The van der Waals surface area contributed by atoms with E-state index in [1.807, 2.05) is 24.8 Å². The van der Waals surface area contributed by atoms with Crippen LogP contribution in [-0.4, -0.2) is 24.0 Å². The molecule has 1 aromatic heterocycles. The van der Waals surface area contributed by atoms with Crippen LogP contribution in [0.3, 0.4) is 0 Å². The quantitative estimate of drug-likeness (QED) is 0.724. The van der Waals surface area contributed by atoms with E-state index in [-0.39, 0.29) is 5.91 Å². The number of hydrogen-bond acceptors (Lipinski definition) is 3. The number of amides is 1. The fourth-order valence-electron chi connectivity index (χ4n) is 1.63. The molecule has 0 aliphatic carbocycles. The number of fused-ring (bicyclic) bond motifs is 1. The molecule has 0 saturated carbocycles. The van der Waals surface area contributed by atoms with Crippen LogP contribution in [0, 0.1) is 6.92 Å². The number of aromatic nitrogens is 1. The molecule has 0 saturated heterocycles. The predicted molar refractivity (Wildman–Crippen MR) is 55.5 cm³/mol. The lowest BCUT2D eigenvalue weighted by Crippen LogP contribution is -2.38. The molecule has 1 amide bonds. The molecule has 4 nitrogen and oxygen atoms in total. The van der Waals surface area contributed by atoms with Crippen LogP contribution in [0.1, 0.15) is 12.5 Å². The maximum Gasteiger partial charge on any atom is 0.244 e. The van der Waals surface area contributed by atoms with Crippen LogP contribution < -0.4 is 10.2 Å². The molecular formula is C10H13N3O. The molecule has 0 bridgehead atoms. The summed E-state index contributed by atoms with van der Waals surface area (Å²) < 4.78 is 0. The normalized spacial score (nSPS) is 15.0. The number of nitrogens with zero attached hydrogens (tertiary/aromatic N) is 2. The largest absolute Gasteiger partial charge is 0.346 e. The standard InChI is InChI=1S/C10H13N3O/c1-3-13-6-8(14)12-9-7(2)4-5-11-10(9)13/h4-5H,3,6H2,1-2H3,(H,12,14). The van der Waals surface area contributed by atoms with Crippen molar-refractivity contribution in [1.29, 1.82) is 0 Å². The van der Waals surface area contributed by atoms with E-state index >= 15 is 0 Å². The summed E-state index contributed by atoms with van der Waals surface area (Å²) in [4.78, 5) is 17.6. The average molecular weight is 191 g/mol. The van der Waals surface area contributed by atoms with Gasteiger partial charge in [-0.1, -0.05) is 0 Å². The summed E-state index contributed by atoms with van der Waals surface area (Å²) in [5, 5.41) is 2.85. The number of hydrogen-bond donors (Lipinski definition) is 1. The molecule has 0 radical (unpaired) electrons. The SMILES string of the molecule is CCN1CC(=O)Nc2c(C)ccnc21. The molecule has 1 aliphatic heterocycles. The first kappa shape index (κ1) is 8.99. The summed E-state index contributed by atoms with van der Waals surface area (Å²) in [6.45, 7) is 5.20. The van der Waals surface area contributed by atoms with Crippen molar-refractivity contribution >= 4 is 17.4 Å². The topological polar surface area (TPSA) is 45.2 Å². The van der Waals surface area contributed by atoms with Crippen LogP contribution in [0.5, 0.6) is 0 Å². The number of aryl methyl sites for hydroxylation is 1. The second kappa shape index (κ2) is 3.29. The summed E-state index contributed by atoms with van der Waals surface area (Å²) in [5.74, 6) is 0.919. The molecule has 1 aliphatic rings. The lowest BCUT2D eigenvalue weighted by Gasteiger charge is -2.29. The minimum absolute atomic E-state index is 0.0375. The van der Waals surface area contributed by atoms with E-state index in [0.29, 0.717) is 6.54 Å². The Morgan fingerprint density at radius 1 is 1.64 bits per heavy atom. The summed E-state index contributed by atoms with van der Waals surface area (Å²) in [6, 6.07) is 1.90. The van der Waals surface area contributed by atoms with Gasteiger partial charge in [-0.25, -0.2) is 4.98 Å². The minimum Gasteiger partial charge on any atom is -0.346 e. The van der Waals surface area contributed by atoms with E-state index in [9.17, 15) is 4.79 Å². The highest BCUT2D eigenvalue weighted by molar-refractivity contribution is 6.01. The van der Waals surface area contributed by atoms with E-state index in [0.717, 1.165) is 23.6 Å². The molecule has 2 rings (SSSR count). The lowest BCUT2D eigenvalue weighted by atomic mass is 10.2. The number of carbonyl (C=O) groups is 1. The van der Waals surface area contributed by atoms with E-state index in [1.165, 1.54) is 0 Å². The molecule has 0 aromatic carbocycles. The van der Waals surface area contributed by atoms with Gasteiger partial charge in [-0.3, -0.25) is 4.79 Å². The maximum atomic E-state index is 11.4. The van der Waals surface area contributed by atoms with E-state index in [4.69, 9.17) is 0 Å². The van der Waals surface area contributed by atoms with Crippen molar-refractivity contribution in [1.82, 2.24) is 4.98 Å². The Hall–Kier alpha value is -1.58. The summed E-state index contributed by atoms with van der Waals surface area (Å²) in [6.07, 6.45) is 1.77. The van der Waals surface area contributed by atoms with Gasteiger partial charge in [0.25, 0.3) is 0 Å².